The van der Waals surface area contributed by atoms with E-state index >= 15 is 0 Å². The van der Waals surface area contributed by atoms with E-state index in [1.807, 2.05) is 37.1 Å². The number of anilines is 2. The highest BCUT2D eigenvalue weighted by Gasteiger charge is 2.13. The zero-order chi connectivity index (χ0) is 15.2. The Morgan fingerprint density at radius 3 is 2.81 bits per heavy atom. The van der Waals surface area contributed by atoms with E-state index in [1.165, 1.54) is 6.07 Å². The SMILES string of the molecule is CCCOc1cc(N(C)Cc2ccccn2)c(N)cc1F. The number of pyridine rings is 1. The average molecular weight is 289 g/mol. The number of nitrogens with two attached hydrogens (primary N) is 1. The largest absolute Gasteiger partial charge is 0.490 e. The Kier molecular flexibility index (Phi) is 4.98. The Bertz CT molecular complexity index is 590. The lowest BCUT2D eigenvalue weighted by Gasteiger charge is -2.22. The minimum Gasteiger partial charge on any atom is -0.490 e. The van der Waals surface area contributed by atoms with Crippen LogP contribution in [0.3, 0.4) is 0 Å². The molecule has 0 aliphatic heterocycles. The highest BCUT2D eigenvalue weighted by Crippen LogP contribution is 2.31. The first-order valence-electron chi connectivity index (χ1n) is 6.94. The number of hydrogen-bond acceptors (Lipinski definition) is 4. The number of benzene rings is 1. The molecule has 0 spiro atoms. The molecule has 5 heteroatoms. The van der Waals surface area contributed by atoms with Crippen LogP contribution in [0.2, 0.25) is 0 Å². The smallest absolute Gasteiger partial charge is 0.167 e. The van der Waals surface area contributed by atoms with Gasteiger partial charge < -0.3 is 15.4 Å². The highest BCUT2D eigenvalue weighted by molar-refractivity contribution is 5.69. The predicted octanol–water partition coefficient (Wildman–Crippen LogP) is 3.23. The summed E-state index contributed by atoms with van der Waals surface area (Å²) in [5.74, 6) is -0.204. The molecule has 0 radical (unpaired) electrons. The summed E-state index contributed by atoms with van der Waals surface area (Å²) in [6.07, 6.45) is 2.57. The summed E-state index contributed by atoms with van der Waals surface area (Å²) in [6.45, 7) is 3.04. The van der Waals surface area contributed by atoms with Crippen molar-refractivity contribution in [3.63, 3.8) is 0 Å². The van der Waals surface area contributed by atoms with Crippen LogP contribution < -0.4 is 15.4 Å². The molecule has 4 nitrogen and oxygen atoms in total. The average Bonchev–Trinajstić information content (AvgIpc) is 2.47. The van der Waals surface area contributed by atoms with Crippen molar-refractivity contribution in [3.05, 3.63) is 48.0 Å². The molecular weight excluding hydrogens is 269 g/mol. The summed E-state index contributed by atoms with van der Waals surface area (Å²) in [6, 6.07) is 8.68. The molecule has 0 bridgehead atoms. The maximum Gasteiger partial charge on any atom is 0.167 e. The van der Waals surface area contributed by atoms with Gasteiger partial charge in [-0.05, 0) is 18.6 Å². The van der Waals surface area contributed by atoms with Gasteiger partial charge >= 0.3 is 0 Å². The third-order valence-electron chi connectivity index (χ3n) is 3.08. The van der Waals surface area contributed by atoms with Crippen LogP contribution in [-0.2, 0) is 6.54 Å². The minimum atomic E-state index is -0.434. The number of aromatic nitrogens is 1. The van der Waals surface area contributed by atoms with Crippen molar-refractivity contribution in [2.24, 2.45) is 0 Å². The lowest BCUT2D eigenvalue weighted by Crippen LogP contribution is -2.19. The van der Waals surface area contributed by atoms with Crippen molar-refractivity contribution in [2.75, 3.05) is 24.3 Å². The molecule has 0 fully saturated rings. The van der Waals surface area contributed by atoms with Crippen molar-refractivity contribution in [3.8, 4) is 5.75 Å². The molecule has 0 saturated heterocycles. The van der Waals surface area contributed by atoms with E-state index in [1.54, 1.807) is 12.3 Å². The second-order valence-electron chi connectivity index (χ2n) is 4.87. The molecule has 0 aliphatic rings. The van der Waals surface area contributed by atoms with Crippen molar-refractivity contribution < 1.29 is 9.13 Å². The molecular formula is C16H20FN3O. The van der Waals surface area contributed by atoms with E-state index in [-0.39, 0.29) is 5.75 Å². The maximum absolute atomic E-state index is 13.8. The molecule has 21 heavy (non-hydrogen) atoms. The van der Waals surface area contributed by atoms with Gasteiger partial charge in [-0.3, -0.25) is 4.98 Å². The minimum absolute atomic E-state index is 0.230. The summed E-state index contributed by atoms with van der Waals surface area (Å²) in [5.41, 5.74) is 7.95. The van der Waals surface area contributed by atoms with Crippen LogP contribution in [0.25, 0.3) is 0 Å². The fraction of sp³-hybridized carbons (Fsp3) is 0.312. The molecule has 0 amide bonds. The summed E-state index contributed by atoms with van der Waals surface area (Å²) in [4.78, 5) is 6.20. The zero-order valence-corrected chi connectivity index (χ0v) is 12.3. The van der Waals surface area contributed by atoms with Crippen molar-refractivity contribution in [1.82, 2.24) is 4.98 Å². The first-order valence-corrected chi connectivity index (χ1v) is 6.94. The van der Waals surface area contributed by atoms with Gasteiger partial charge in [0.1, 0.15) is 0 Å². The molecule has 1 aromatic carbocycles. The van der Waals surface area contributed by atoms with Crippen LogP contribution in [0, 0.1) is 5.82 Å². The molecule has 112 valence electrons. The molecule has 0 saturated carbocycles. The third kappa shape index (κ3) is 3.84. The molecule has 1 aromatic heterocycles. The number of nitrogens with zero attached hydrogens (tertiary/aromatic N) is 2. The van der Waals surface area contributed by atoms with Gasteiger partial charge in [-0.25, -0.2) is 4.39 Å². The number of halogens is 1. The number of ether oxygens (including phenoxy) is 1. The lowest BCUT2D eigenvalue weighted by molar-refractivity contribution is 0.301. The molecule has 2 N–H and O–H groups in total. The van der Waals surface area contributed by atoms with E-state index < -0.39 is 5.82 Å². The van der Waals surface area contributed by atoms with Crippen LogP contribution in [0.4, 0.5) is 15.8 Å². The van der Waals surface area contributed by atoms with E-state index in [0.29, 0.717) is 18.8 Å². The topological polar surface area (TPSA) is 51.4 Å². The molecule has 0 unspecified atom stereocenters. The standard InChI is InChI=1S/C16H20FN3O/c1-3-8-21-16-10-15(14(18)9-13(16)17)20(2)11-12-6-4-5-7-19-12/h4-7,9-10H,3,8,11,18H2,1-2H3. The second kappa shape index (κ2) is 6.92. The highest BCUT2D eigenvalue weighted by atomic mass is 19.1. The summed E-state index contributed by atoms with van der Waals surface area (Å²) >= 11 is 0. The quantitative estimate of drug-likeness (QED) is 0.830. The molecule has 0 aliphatic carbocycles. The fourth-order valence-corrected chi connectivity index (χ4v) is 2.03. The van der Waals surface area contributed by atoms with E-state index in [0.717, 1.165) is 17.8 Å². The first kappa shape index (κ1) is 15.1. The van der Waals surface area contributed by atoms with Crippen LogP contribution in [-0.4, -0.2) is 18.6 Å². The number of rotatable bonds is 6. The second-order valence-corrected chi connectivity index (χ2v) is 4.87. The normalized spacial score (nSPS) is 10.4. The lowest BCUT2D eigenvalue weighted by atomic mass is 10.2. The van der Waals surface area contributed by atoms with Crippen molar-refractivity contribution in [2.45, 2.75) is 19.9 Å². The Morgan fingerprint density at radius 2 is 2.14 bits per heavy atom. The van der Waals surface area contributed by atoms with Crippen LogP contribution in [0.15, 0.2) is 36.5 Å². The molecule has 2 rings (SSSR count). The van der Waals surface area contributed by atoms with Gasteiger partial charge in [0.05, 0.1) is 30.2 Å². The summed E-state index contributed by atoms with van der Waals surface area (Å²) in [5, 5.41) is 0. The first-order chi connectivity index (χ1) is 10.1. The van der Waals surface area contributed by atoms with Gasteiger partial charge in [0.2, 0.25) is 0 Å². The van der Waals surface area contributed by atoms with E-state index in [2.05, 4.69) is 4.98 Å². The van der Waals surface area contributed by atoms with Crippen molar-refractivity contribution in [1.29, 1.82) is 0 Å². The summed E-state index contributed by atoms with van der Waals surface area (Å²) in [7, 11) is 1.89. The van der Waals surface area contributed by atoms with Gasteiger partial charge in [0.15, 0.2) is 11.6 Å². The van der Waals surface area contributed by atoms with E-state index in [4.69, 9.17) is 10.5 Å². The Hall–Kier alpha value is -2.30. The van der Waals surface area contributed by atoms with E-state index in [9.17, 15) is 4.39 Å². The summed E-state index contributed by atoms with van der Waals surface area (Å²) < 4.78 is 19.2. The van der Waals surface area contributed by atoms with Gasteiger partial charge in [-0.2, -0.15) is 0 Å². The fourth-order valence-electron chi connectivity index (χ4n) is 2.03. The van der Waals surface area contributed by atoms with Crippen LogP contribution in [0.5, 0.6) is 5.75 Å². The Balaban J connectivity index is 2.21. The van der Waals surface area contributed by atoms with Crippen molar-refractivity contribution >= 4 is 11.4 Å². The molecule has 1 heterocycles. The Morgan fingerprint density at radius 1 is 1.33 bits per heavy atom. The zero-order valence-electron chi connectivity index (χ0n) is 12.3. The van der Waals surface area contributed by atoms with Crippen LogP contribution in [0.1, 0.15) is 19.0 Å². The van der Waals surface area contributed by atoms with Gasteiger partial charge in [0.25, 0.3) is 0 Å². The molecule has 2 aromatic rings. The molecule has 0 atom stereocenters. The van der Waals surface area contributed by atoms with Gasteiger partial charge in [-0.1, -0.05) is 13.0 Å². The monoisotopic (exact) mass is 289 g/mol. The van der Waals surface area contributed by atoms with Crippen LogP contribution >= 0.6 is 0 Å². The third-order valence-corrected chi connectivity index (χ3v) is 3.08. The Labute approximate surface area is 124 Å². The maximum atomic E-state index is 13.8. The number of hydrogen-bond donors (Lipinski definition) is 1. The predicted molar refractivity (Wildman–Crippen MR) is 82.9 cm³/mol. The van der Waals surface area contributed by atoms with Gasteiger partial charge in [0, 0.05) is 25.4 Å². The number of nitrogen functional groups attached to an aromatic ring is 1. The van der Waals surface area contributed by atoms with Gasteiger partial charge in [-0.15, -0.1) is 0 Å².